The summed E-state index contributed by atoms with van der Waals surface area (Å²) in [5, 5.41) is 0.812. The number of ether oxygens (including phenoxy) is 1. The van der Waals surface area contributed by atoms with Gasteiger partial charge >= 0.3 is 6.09 Å². The van der Waals surface area contributed by atoms with E-state index in [2.05, 4.69) is 53.3 Å². The van der Waals surface area contributed by atoms with E-state index in [1.165, 1.54) is 6.33 Å². The first kappa shape index (κ1) is 15.8. The molecule has 0 saturated carbocycles. The average molecular weight is 403 g/mol. The molecule has 0 fully saturated rings. The predicted octanol–water partition coefficient (Wildman–Crippen LogP) is 2.30. The maximum Gasteiger partial charge on any atom is 0.404 e. The number of hydrogen-bond donors (Lipinski definition) is 2. The molecule has 114 valence electrons. The first-order valence-corrected chi connectivity index (χ1v) is 7.48. The van der Waals surface area contributed by atoms with Gasteiger partial charge in [-0.1, -0.05) is 20.8 Å². The molecule has 7 nitrogen and oxygen atoms in total. The Labute approximate surface area is 136 Å². The molecule has 0 spiro atoms. The quantitative estimate of drug-likeness (QED) is 0.765. The van der Waals surface area contributed by atoms with E-state index in [0.29, 0.717) is 5.82 Å². The van der Waals surface area contributed by atoms with Crippen molar-refractivity contribution in [2.24, 2.45) is 11.1 Å². The van der Waals surface area contributed by atoms with E-state index in [9.17, 15) is 4.79 Å². The van der Waals surface area contributed by atoms with Crippen LogP contribution in [0.2, 0.25) is 0 Å². The maximum atomic E-state index is 10.9. The van der Waals surface area contributed by atoms with Gasteiger partial charge in [-0.05, 0) is 28.0 Å². The Bertz CT molecular complexity index is 677. The molecule has 0 aliphatic carbocycles. The van der Waals surface area contributed by atoms with Crippen molar-refractivity contribution < 1.29 is 9.53 Å². The van der Waals surface area contributed by atoms with Crippen LogP contribution in [0.1, 0.15) is 26.8 Å². The van der Waals surface area contributed by atoms with Crippen LogP contribution >= 0.6 is 22.6 Å². The van der Waals surface area contributed by atoms with Gasteiger partial charge in [-0.3, -0.25) is 0 Å². The number of amides is 1. The van der Waals surface area contributed by atoms with E-state index >= 15 is 0 Å². The van der Waals surface area contributed by atoms with Gasteiger partial charge in [0.25, 0.3) is 0 Å². The predicted molar refractivity (Wildman–Crippen MR) is 88.7 cm³/mol. The van der Waals surface area contributed by atoms with Crippen molar-refractivity contribution in [2.45, 2.75) is 26.8 Å². The number of primary amides is 1. The number of carbonyl (C=O) groups excluding carboxylic acids is 1. The highest BCUT2D eigenvalue weighted by atomic mass is 127. The summed E-state index contributed by atoms with van der Waals surface area (Å²) >= 11 is 2.19. The highest BCUT2D eigenvalue weighted by molar-refractivity contribution is 14.1. The van der Waals surface area contributed by atoms with Crippen molar-refractivity contribution in [3.8, 4) is 0 Å². The van der Waals surface area contributed by atoms with E-state index in [1.54, 1.807) is 0 Å². The SMILES string of the molecule is CC(C)(C)C(COC(N)=O)n1cc(I)c2c(N)ncnc21. The minimum absolute atomic E-state index is 0.120. The van der Waals surface area contributed by atoms with Crippen LogP contribution in [0.4, 0.5) is 10.6 Å². The molecule has 21 heavy (non-hydrogen) atoms. The van der Waals surface area contributed by atoms with Gasteiger partial charge in [-0.25, -0.2) is 14.8 Å². The van der Waals surface area contributed by atoms with Crippen LogP contribution in [0, 0.1) is 8.99 Å². The van der Waals surface area contributed by atoms with Gasteiger partial charge in [0.2, 0.25) is 0 Å². The van der Waals surface area contributed by atoms with Crippen molar-refractivity contribution in [1.82, 2.24) is 14.5 Å². The number of halogens is 1. The molecule has 0 saturated heterocycles. The van der Waals surface area contributed by atoms with E-state index < -0.39 is 6.09 Å². The Morgan fingerprint density at radius 1 is 1.48 bits per heavy atom. The number of nitrogen functional groups attached to an aromatic ring is 1. The first-order valence-electron chi connectivity index (χ1n) is 6.40. The zero-order valence-electron chi connectivity index (χ0n) is 12.1. The van der Waals surface area contributed by atoms with Gasteiger partial charge in [-0.2, -0.15) is 0 Å². The van der Waals surface area contributed by atoms with Crippen molar-refractivity contribution in [2.75, 3.05) is 12.3 Å². The van der Waals surface area contributed by atoms with Gasteiger partial charge in [0.15, 0.2) is 0 Å². The molecule has 1 amide bonds. The molecule has 0 aliphatic heterocycles. The van der Waals surface area contributed by atoms with E-state index in [0.717, 1.165) is 14.6 Å². The largest absolute Gasteiger partial charge is 0.447 e. The molecule has 1 unspecified atom stereocenters. The first-order chi connectivity index (χ1) is 9.71. The van der Waals surface area contributed by atoms with Crippen molar-refractivity contribution in [3.05, 3.63) is 16.1 Å². The lowest BCUT2D eigenvalue weighted by Gasteiger charge is -2.31. The maximum absolute atomic E-state index is 10.9. The van der Waals surface area contributed by atoms with E-state index in [1.807, 2.05) is 10.8 Å². The molecular weight excluding hydrogens is 385 g/mol. The monoisotopic (exact) mass is 403 g/mol. The fraction of sp³-hybridized carbons (Fsp3) is 0.462. The second kappa shape index (κ2) is 5.66. The summed E-state index contributed by atoms with van der Waals surface area (Å²) < 4.78 is 7.94. The molecule has 0 radical (unpaired) electrons. The summed E-state index contributed by atoms with van der Waals surface area (Å²) in [4.78, 5) is 19.3. The second-order valence-corrected chi connectivity index (χ2v) is 7.02. The number of hydrogen-bond acceptors (Lipinski definition) is 5. The van der Waals surface area contributed by atoms with Crippen molar-refractivity contribution >= 4 is 45.5 Å². The smallest absolute Gasteiger partial charge is 0.404 e. The minimum Gasteiger partial charge on any atom is -0.447 e. The topological polar surface area (TPSA) is 109 Å². The van der Waals surface area contributed by atoms with Crippen LogP contribution in [0.3, 0.4) is 0 Å². The summed E-state index contributed by atoms with van der Waals surface area (Å²) in [6.45, 7) is 6.35. The number of aromatic nitrogens is 3. The molecule has 8 heteroatoms. The standard InChI is InChI=1S/C13H18IN5O2/c1-13(2,3)8(5-21-12(16)20)19-4-7(14)9-10(15)17-6-18-11(9)19/h4,6,8H,5H2,1-3H3,(H2,16,20)(H2,15,17,18). The number of rotatable bonds is 3. The highest BCUT2D eigenvalue weighted by Crippen LogP contribution is 2.36. The Kier molecular flexibility index (Phi) is 4.26. The summed E-state index contributed by atoms with van der Waals surface area (Å²) in [6, 6.07) is -0.120. The molecule has 0 bridgehead atoms. The second-order valence-electron chi connectivity index (χ2n) is 5.85. The molecule has 2 rings (SSSR count). The third-order valence-electron chi connectivity index (χ3n) is 3.31. The lowest BCUT2D eigenvalue weighted by Crippen LogP contribution is -2.30. The van der Waals surface area contributed by atoms with Gasteiger partial charge in [-0.15, -0.1) is 0 Å². The zero-order chi connectivity index (χ0) is 15.8. The van der Waals surface area contributed by atoms with E-state index in [-0.39, 0.29) is 18.1 Å². The van der Waals surface area contributed by atoms with Crippen LogP contribution < -0.4 is 11.5 Å². The molecule has 2 heterocycles. The number of nitrogens with zero attached hydrogens (tertiary/aromatic N) is 3. The third kappa shape index (κ3) is 3.20. The van der Waals surface area contributed by atoms with E-state index in [4.69, 9.17) is 16.2 Å². The summed E-state index contributed by atoms with van der Waals surface area (Å²) in [5.41, 5.74) is 11.6. The Balaban J connectivity index is 2.55. The van der Waals surface area contributed by atoms with Gasteiger partial charge < -0.3 is 20.8 Å². The van der Waals surface area contributed by atoms with Crippen LogP contribution in [0.15, 0.2) is 12.5 Å². The lowest BCUT2D eigenvalue weighted by atomic mass is 9.87. The minimum atomic E-state index is -0.787. The number of anilines is 1. The molecule has 0 aromatic carbocycles. The molecule has 4 N–H and O–H groups in total. The normalized spacial score (nSPS) is 13.3. The van der Waals surface area contributed by atoms with Crippen LogP contribution in [-0.4, -0.2) is 27.2 Å². The van der Waals surface area contributed by atoms with Gasteiger partial charge in [0.1, 0.15) is 24.4 Å². The Morgan fingerprint density at radius 2 is 2.14 bits per heavy atom. The molecule has 0 aliphatic rings. The molecule has 2 aromatic rings. The fourth-order valence-electron chi connectivity index (χ4n) is 2.21. The zero-order valence-corrected chi connectivity index (χ0v) is 14.3. The average Bonchev–Trinajstić information content (AvgIpc) is 2.66. The molecule has 2 aromatic heterocycles. The van der Waals surface area contributed by atoms with Crippen LogP contribution in [-0.2, 0) is 4.74 Å². The fourth-order valence-corrected chi connectivity index (χ4v) is 3.03. The molecular formula is C13H18IN5O2. The van der Waals surface area contributed by atoms with Crippen molar-refractivity contribution in [3.63, 3.8) is 0 Å². The van der Waals surface area contributed by atoms with Crippen LogP contribution in [0.25, 0.3) is 11.0 Å². The van der Waals surface area contributed by atoms with Crippen LogP contribution in [0.5, 0.6) is 0 Å². The van der Waals surface area contributed by atoms with Gasteiger partial charge in [0, 0.05) is 9.77 Å². The van der Waals surface area contributed by atoms with Gasteiger partial charge in [0.05, 0.1) is 11.4 Å². The number of carbonyl (C=O) groups is 1. The number of nitrogens with two attached hydrogens (primary N) is 2. The summed E-state index contributed by atoms with van der Waals surface area (Å²) in [7, 11) is 0. The Morgan fingerprint density at radius 3 is 2.71 bits per heavy atom. The highest BCUT2D eigenvalue weighted by Gasteiger charge is 2.30. The summed E-state index contributed by atoms with van der Waals surface area (Å²) in [6.07, 6.45) is 2.58. The number of fused-ring (bicyclic) bond motifs is 1. The Hall–Kier alpha value is -1.58. The third-order valence-corrected chi connectivity index (χ3v) is 4.13. The van der Waals surface area contributed by atoms with Crippen molar-refractivity contribution in [1.29, 1.82) is 0 Å². The molecule has 1 atom stereocenters. The summed E-state index contributed by atoms with van der Waals surface area (Å²) in [5.74, 6) is 0.437. The lowest BCUT2D eigenvalue weighted by molar-refractivity contribution is 0.102.